The van der Waals surface area contributed by atoms with Gasteiger partial charge in [0.1, 0.15) is 11.6 Å². The lowest BCUT2D eigenvalue weighted by Crippen LogP contribution is -2.30. The molecule has 3 heterocycles. The first-order valence-corrected chi connectivity index (χ1v) is 9.32. The highest BCUT2D eigenvalue weighted by atomic mass is 32.2. The van der Waals surface area contributed by atoms with Crippen LogP contribution in [0.5, 0.6) is 0 Å². The molecule has 1 saturated heterocycles. The molecule has 0 saturated carbocycles. The number of sulfonamides is 1. The van der Waals surface area contributed by atoms with Gasteiger partial charge < -0.3 is 0 Å². The average Bonchev–Trinajstić information content (AvgIpc) is 3.15. The lowest BCUT2D eigenvalue weighted by molar-refractivity contribution is 0.394. The standard InChI is InChI=1S/C15H20N4O2S/c1-3-14-16-9-11-18(14)15-8-4-6-12(17-15)13-7-5-10-19(13)22(2,20)21/h4,6,8-9,11,13H,3,5,7,10H2,1-2H3/t13-/m1/s1. The van der Waals surface area contributed by atoms with Crippen LogP contribution in [0.25, 0.3) is 5.82 Å². The Morgan fingerprint density at radius 3 is 2.91 bits per heavy atom. The van der Waals surface area contributed by atoms with Gasteiger partial charge in [-0.2, -0.15) is 4.31 Å². The summed E-state index contributed by atoms with van der Waals surface area (Å²) in [4.78, 5) is 9.00. The Balaban J connectivity index is 1.98. The molecule has 0 aromatic carbocycles. The summed E-state index contributed by atoms with van der Waals surface area (Å²) in [6.07, 6.45) is 7.40. The molecule has 2 aromatic rings. The number of rotatable bonds is 4. The van der Waals surface area contributed by atoms with Crippen LogP contribution in [-0.4, -0.2) is 40.1 Å². The third-order valence-corrected chi connectivity index (χ3v) is 5.30. The van der Waals surface area contributed by atoms with Crippen LogP contribution in [0.4, 0.5) is 0 Å². The molecule has 118 valence electrons. The molecule has 1 aliphatic heterocycles. The molecule has 1 atom stereocenters. The van der Waals surface area contributed by atoms with Gasteiger partial charge in [-0.1, -0.05) is 13.0 Å². The van der Waals surface area contributed by atoms with E-state index in [9.17, 15) is 8.42 Å². The van der Waals surface area contributed by atoms with Crippen molar-refractivity contribution in [2.45, 2.75) is 32.2 Å². The van der Waals surface area contributed by atoms with Crippen LogP contribution < -0.4 is 0 Å². The summed E-state index contributed by atoms with van der Waals surface area (Å²) in [5.74, 6) is 1.73. The Hall–Kier alpha value is -1.73. The molecule has 0 spiro atoms. The maximum Gasteiger partial charge on any atom is 0.211 e. The van der Waals surface area contributed by atoms with Gasteiger partial charge in [0, 0.05) is 25.4 Å². The first-order valence-electron chi connectivity index (χ1n) is 7.47. The zero-order valence-electron chi connectivity index (χ0n) is 12.8. The van der Waals surface area contributed by atoms with Gasteiger partial charge in [-0.05, 0) is 25.0 Å². The molecule has 0 amide bonds. The highest BCUT2D eigenvalue weighted by Crippen LogP contribution is 2.33. The second-order valence-electron chi connectivity index (χ2n) is 5.52. The molecule has 2 aromatic heterocycles. The van der Waals surface area contributed by atoms with Crippen LogP contribution in [0.1, 0.15) is 37.3 Å². The van der Waals surface area contributed by atoms with Crippen LogP contribution in [0, 0.1) is 0 Å². The first-order chi connectivity index (χ1) is 10.5. The molecule has 22 heavy (non-hydrogen) atoms. The molecule has 0 bridgehead atoms. The third-order valence-electron chi connectivity index (χ3n) is 4.01. The molecule has 6 nitrogen and oxygen atoms in total. The van der Waals surface area contributed by atoms with E-state index in [4.69, 9.17) is 0 Å². The molecular formula is C15H20N4O2S. The Bertz CT molecular complexity index is 769. The number of nitrogens with zero attached hydrogens (tertiary/aromatic N) is 4. The minimum Gasteiger partial charge on any atom is -0.288 e. The number of imidazole rings is 1. The topological polar surface area (TPSA) is 68.1 Å². The van der Waals surface area contributed by atoms with E-state index in [1.807, 2.05) is 35.9 Å². The molecule has 1 fully saturated rings. The lowest BCUT2D eigenvalue weighted by atomic mass is 10.1. The van der Waals surface area contributed by atoms with Gasteiger partial charge in [0.05, 0.1) is 18.0 Å². The number of aryl methyl sites for hydroxylation is 1. The largest absolute Gasteiger partial charge is 0.288 e. The number of hydrogen-bond acceptors (Lipinski definition) is 4. The van der Waals surface area contributed by atoms with Gasteiger partial charge in [0.15, 0.2) is 0 Å². The normalized spacial score (nSPS) is 19.6. The van der Waals surface area contributed by atoms with Crippen molar-refractivity contribution in [3.8, 4) is 5.82 Å². The fourth-order valence-electron chi connectivity index (χ4n) is 3.00. The van der Waals surface area contributed by atoms with Crippen molar-refractivity contribution in [3.63, 3.8) is 0 Å². The molecule has 0 aliphatic carbocycles. The van der Waals surface area contributed by atoms with Crippen LogP contribution in [0.2, 0.25) is 0 Å². The van der Waals surface area contributed by atoms with Crippen molar-refractivity contribution in [1.29, 1.82) is 0 Å². The van der Waals surface area contributed by atoms with E-state index in [0.717, 1.165) is 36.6 Å². The van der Waals surface area contributed by atoms with Crippen molar-refractivity contribution >= 4 is 10.0 Å². The summed E-state index contributed by atoms with van der Waals surface area (Å²) in [7, 11) is -3.21. The molecule has 0 unspecified atom stereocenters. The number of aromatic nitrogens is 3. The fraction of sp³-hybridized carbons (Fsp3) is 0.467. The minimum absolute atomic E-state index is 0.163. The Morgan fingerprint density at radius 1 is 1.36 bits per heavy atom. The maximum atomic E-state index is 11.9. The summed E-state index contributed by atoms with van der Waals surface area (Å²) in [5, 5.41) is 0. The summed E-state index contributed by atoms with van der Waals surface area (Å²) in [6.45, 7) is 2.62. The van der Waals surface area contributed by atoms with Gasteiger partial charge in [-0.3, -0.25) is 4.57 Å². The molecule has 0 radical (unpaired) electrons. The van der Waals surface area contributed by atoms with E-state index in [-0.39, 0.29) is 6.04 Å². The van der Waals surface area contributed by atoms with Crippen molar-refractivity contribution in [1.82, 2.24) is 18.8 Å². The van der Waals surface area contributed by atoms with Crippen LogP contribution in [0.3, 0.4) is 0 Å². The highest BCUT2D eigenvalue weighted by Gasteiger charge is 2.33. The second-order valence-corrected chi connectivity index (χ2v) is 7.45. The Kier molecular flexibility index (Phi) is 4.01. The fourth-order valence-corrected chi connectivity index (χ4v) is 4.13. The van der Waals surface area contributed by atoms with Gasteiger partial charge in [-0.15, -0.1) is 0 Å². The monoisotopic (exact) mass is 320 g/mol. The molecule has 3 rings (SSSR count). The van der Waals surface area contributed by atoms with Crippen LogP contribution in [-0.2, 0) is 16.4 Å². The Labute approximate surface area is 130 Å². The van der Waals surface area contributed by atoms with E-state index in [0.29, 0.717) is 6.54 Å². The summed E-state index contributed by atoms with van der Waals surface area (Å²) in [5.41, 5.74) is 0.802. The van der Waals surface area contributed by atoms with Gasteiger partial charge in [0.2, 0.25) is 10.0 Å². The van der Waals surface area contributed by atoms with E-state index in [1.54, 1.807) is 10.5 Å². The zero-order valence-corrected chi connectivity index (χ0v) is 13.6. The molecular weight excluding hydrogens is 300 g/mol. The quantitative estimate of drug-likeness (QED) is 0.863. The Morgan fingerprint density at radius 2 is 2.18 bits per heavy atom. The van der Waals surface area contributed by atoms with E-state index in [1.165, 1.54) is 6.26 Å². The predicted octanol–water partition coefficient (Wildman–Crippen LogP) is 1.93. The molecule has 7 heteroatoms. The molecule has 0 N–H and O–H groups in total. The zero-order chi connectivity index (χ0) is 15.7. The summed E-state index contributed by atoms with van der Waals surface area (Å²) in [6, 6.07) is 5.59. The smallest absolute Gasteiger partial charge is 0.211 e. The highest BCUT2D eigenvalue weighted by molar-refractivity contribution is 7.88. The predicted molar refractivity (Wildman–Crippen MR) is 84.3 cm³/mol. The first kappa shape index (κ1) is 15.2. The third kappa shape index (κ3) is 2.78. The average molecular weight is 320 g/mol. The summed E-state index contributed by atoms with van der Waals surface area (Å²) < 4.78 is 27.3. The van der Waals surface area contributed by atoms with Gasteiger partial charge in [-0.25, -0.2) is 18.4 Å². The van der Waals surface area contributed by atoms with E-state index < -0.39 is 10.0 Å². The van der Waals surface area contributed by atoms with Crippen LogP contribution >= 0.6 is 0 Å². The van der Waals surface area contributed by atoms with E-state index >= 15 is 0 Å². The van der Waals surface area contributed by atoms with Crippen molar-refractivity contribution in [2.24, 2.45) is 0 Å². The SMILES string of the molecule is CCc1nccn1-c1cccc([C@H]2CCCN2S(C)(=O)=O)n1. The van der Waals surface area contributed by atoms with E-state index in [2.05, 4.69) is 9.97 Å². The van der Waals surface area contributed by atoms with Gasteiger partial charge >= 0.3 is 0 Å². The summed E-state index contributed by atoms with van der Waals surface area (Å²) >= 11 is 0. The lowest BCUT2D eigenvalue weighted by Gasteiger charge is -2.22. The van der Waals surface area contributed by atoms with Crippen molar-refractivity contribution in [3.05, 3.63) is 42.1 Å². The molecule has 1 aliphatic rings. The second kappa shape index (κ2) is 5.81. The minimum atomic E-state index is -3.21. The number of pyridine rings is 1. The van der Waals surface area contributed by atoms with Crippen LogP contribution in [0.15, 0.2) is 30.6 Å². The van der Waals surface area contributed by atoms with Crippen molar-refractivity contribution < 1.29 is 8.42 Å². The van der Waals surface area contributed by atoms with Gasteiger partial charge in [0.25, 0.3) is 0 Å². The van der Waals surface area contributed by atoms with Crippen molar-refractivity contribution in [2.75, 3.05) is 12.8 Å². The number of hydrogen-bond donors (Lipinski definition) is 0. The maximum absolute atomic E-state index is 11.9.